The van der Waals surface area contributed by atoms with Gasteiger partial charge in [-0.3, -0.25) is 0 Å². The first-order valence-corrected chi connectivity index (χ1v) is 5.92. The SMILES string of the molecule is C=C(CCCCCOc1ccc(N)cc1)OC. The number of anilines is 1. The van der Waals surface area contributed by atoms with E-state index in [1.54, 1.807) is 7.11 Å². The average Bonchev–Trinajstić information content (AvgIpc) is 2.35. The molecule has 0 spiro atoms. The van der Waals surface area contributed by atoms with Crippen LogP contribution in [-0.2, 0) is 4.74 Å². The van der Waals surface area contributed by atoms with Crippen LogP contribution in [0.1, 0.15) is 25.7 Å². The number of hydrogen-bond acceptors (Lipinski definition) is 3. The van der Waals surface area contributed by atoms with E-state index in [-0.39, 0.29) is 0 Å². The zero-order valence-corrected chi connectivity index (χ0v) is 10.4. The number of benzene rings is 1. The molecule has 2 N–H and O–H groups in total. The molecule has 17 heavy (non-hydrogen) atoms. The highest BCUT2D eigenvalue weighted by Gasteiger charge is 1.95. The maximum atomic E-state index is 5.59. The molecule has 1 rings (SSSR count). The predicted octanol–water partition coefficient (Wildman–Crippen LogP) is 3.37. The smallest absolute Gasteiger partial charge is 0.119 e. The summed E-state index contributed by atoms with van der Waals surface area (Å²) in [5.74, 6) is 1.73. The van der Waals surface area contributed by atoms with Crippen LogP contribution in [-0.4, -0.2) is 13.7 Å². The van der Waals surface area contributed by atoms with Gasteiger partial charge in [-0.25, -0.2) is 0 Å². The van der Waals surface area contributed by atoms with E-state index < -0.39 is 0 Å². The molecule has 0 unspecified atom stereocenters. The number of unbranched alkanes of at least 4 members (excludes halogenated alkanes) is 2. The fourth-order valence-corrected chi connectivity index (χ4v) is 1.46. The summed E-state index contributed by atoms with van der Waals surface area (Å²) in [7, 11) is 1.66. The third kappa shape index (κ3) is 5.85. The minimum atomic E-state index is 0.739. The molecule has 0 saturated carbocycles. The number of nitrogens with two attached hydrogens (primary N) is 1. The number of rotatable bonds is 8. The molecule has 0 saturated heterocycles. The molecule has 0 bridgehead atoms. The Kier molecular flexibility index (Phi) is 6.00. The van der Waals surface area contributed by atoms with Crippen molar-refractivity contribution in [2.75, 3.05) is 19.5 Å². The van der Waals surface area contributed by atoms with Gasteiger partial charge in [0.1, 0.15) is 5.75 Å². The third-order valence-corrected chi connectivity index (χ3v) is 2.54. The van der Waals surface area contributed by atoms with Crippen LogP contribution in [0.25, 0.3) is 0 Å². The van der Waals surface area contributed by atoms with Crippen molar-refractivity contribution in [1.82, 2.24) is 0 Å². The second-order valence-electron chi connectivity index (χ2n) is 3.97. The van der Waals surface area contributed by atoms with Crippen molar-refractivity contribution in [2.45, 2.75) is 25.7 Å². The van der Waals surface area contributed by atoms with Gasteiger partial charge in [0, 0.05) is 12.1 Å². The minimum absolute atomic E-state index is 0.739. The van der Waals surface area contributed by atoms with Crippen LogP contribution in [0.2, 0.25) is 0 Å². The molecule has 0 atom stereocenters. The van der Waals surface area contributed by atoms with Crippen LogP contribution in [0.4, 0.5) is 5.69 Å². The second kappa shape index (κ2) is 7.60. The third-order valence-electron chi connectivity index (χ3n) is 2.54. The molecule has 0 aromatic heterocycles. The van der Waals surface area contributed by atoms with Crippen LogP contribution < -0.4 is 10.5 Å². The molecule has 0 aliphatic heterocycles. The zero-order chi connectivity index (χ0) is 12.5. The molecule has 0 aliphatic rings. The quantitative estimate of drug-likeness (QED) is 0.427. The average molecular weight is 235 g/mol. The van der Waals surface area contributed by atoms with Gasteiger partial charge in [-0.05, 0) is 43.5 Å². The maximum absolute atomic E-state index is 5.59. The number of methoxy groups -OCH3 is 1. The lowest BCUT2D eigenvalue weighted by molar-refractivity contribution is 0.271. The van der Waals surface area contributed by atoms with Crippen molar-refractivity contribution in [3.8, 4) is 5.75 Å². The largest absolute Gasteiger partial charge is 0.502 e. The lowest BCUT2D eigenvalue weighted by atomic mass is 10.2. The van der Waals surface area contributed by atoms with Crippen molar-refractivity contribution >= 4 is 5.69 Å². The van der Waals surface area contributed by atoms with Crippen molar-refractivity contribution in [1.29, 1.82) is 0 Å². The monoisotopic (exact) mass is 235 g/mol. The van der Waals surface area contributed by atoms with Gasteiger partial charge >= 0.3 is 0 Å². The molecular formula is C14H21NO2. The Morgan fingerprint density at radius 2 is 1.88 bits per heavy atom. The number of hydrogen-bond donors (Lipinski definition) is 1. The maximum Gasteiger partial charge on any atom is 0.119 e. The van der Waals surface area contributed by atoms with Crippen molar-refractivity contribution < 1.29 is 9.47 Å². The molecule has 0 radical (unpaired) electrons. The fraction of sp³-hybridized carbons (Fsp3) is 0.429. The van der Waals surface area contributed by atoms with Gasteiger partial charge in [-0.2, -0.15) is 0 Å². The molecule has 0 aliphatic carbocycles. The molecule has 1 aromatic carbocycles. The fourth-order valence-electron chi connectivity index (χ4n) is 1.46. The summed E-state index contributed by atoms with van der Waals surface area (Å²) in [5, 5.41) is 0. The highest BCUT2D eigenvalue weighted by molar-refractivity contribution is 5.41. The summed E-state index contributed by atoms with van der Waals surface area (Å²) >= 11 is 0. The van der Waals surface area contributed by atoms with E-state index in [9.17, 15) is 0 Å². The summed E-state index contributed by atoms with van der Waals surface area (Å²) < 4.78 is 10.6. The lowest BCUT2D eigenvalue weighted by Gasteiger charge is -2.07. The van der Waals surface area contributed by atoms with Gasteiger partial charge in [0.25, 0.3) is 0 Å². The predicted molar refractivity (Wildman–Crippen MR) is 71.0 cm³/mol. The normalized spacial score (nSPS) is 9.94. The first-order chi connectivity index (χ1) is 8.22. The second-order valence-corrected chi connectivity index (χ2v) is 3.97. The topological polar surface area (TPSA) is 44.5 Å². The molecule has 0 fully saturated rings. The lowest BCUT2D eigenvalue weighted by Crippen LogP contribution is -1.97. The number of ether oxygens (including phenoxy) is 2. The van der Waals surface area contributed by atoms with Gasteiger partial charge in [0.05, 0.1) is 19.5 Å². The van der Waals surface area contributed by atoms with Crippen LogP contribution in [0, 0.1) is 0 Å². The van der Waals surface area contributed by atoms with Crippen LogP contribution >= 0.6 is 0 Å². The minimum Gasteiger partial charge on any atom is -0.502 e. The molecule has 3 heteroatoms. The Labute approximate surface area is 103 Å². The van der Waals surface area contributed by atoms with Gasteiger partial charge in [-0.15, -0.1) is 0 Å². The first kappa shape index (κ1) is 13.4. The van der Waals surface area contributed by atoms with Crippen LogP contribution in [0.5, 0.6) is 5.75 Å². The van der Waals surface area contributed by atoms with Gasteiger partial charge < -0.3 is 15.2 Å². The molecule has 1 aromatic rings. The summed E-state index contributed by atoms with van der Waals surface area (Å²) in [6.45, 7) is 4.52. The van der Waals surface area contributed by atoms with E-state index >= 15 is 0 Å². The zero-order valence-electron chi connectivity index (χ0n) is 10.4. The van der Waals surface area contributed by atoms with E-state index in [1.165, 1.54) is 0 Å². The van der Waals surface area contributed by atoms with E-state index in [4.69, 9.17) is 15.2 Å². The number of allylic oxidation sites excluding steroid dienone is 1. The summed E-state index contributed by atoms with van der Waals surface area (Å²) in [5.41, 5.74) is 6.35. The molecule has 94 valence electrons. The standard InChI is InChI=1S/C14H21NO2/c1-12(16-2)6-4-3-5-11-17-14-9-7-13(15)8-10-14/h7-10H,1,3-6,11,15H2,2H3. The van der Waals surface area contributed by atoms with E-state index in [0.29, 0.717) is 0 Å². The summed E-state index contributed by atoms with van der Waals surface area (Å²) in [6.07, 6.45) is 4.19. The Bertz CT molecular complexity index is 333. The van der Waals surface area contributed by atoms with Crippen molar-refractivity contribution in [3.05, 3.63) is 36.6 Å². The van der Waals surface area contributed by atoms with Gasteiger partial charge in [-0.1, -0.05) is 6.58 Å². The van der Waals surface area contributed by atoms with Crippen molar-refractivity contribution in [3.63, 3.8) is 0 Å². The van der Waals surface area contributed by atoms with Gasteiger partial charge in [0.2, 0.25) is 0 Å². The van der Waals surface area contributed by atoms with Crippen LogP contribution in [0.15, 0.2) is 36.6 Å². The molecular weight excluding hydrogens is 214 g/mol. The van der Waals surface area contributed by atoms with Crippen LogP contribution in [0.3, 0.4) is 0 Å². The Balaban J connectivity index is 2.04. The summed E-state index contributed by atoms with van der Waals surface area (Å²) in [4.78, 5) is 0. The van der Waals surface area contributed by atoms with Gasteiger partial charge in [0.15, 0.2) is 0 Å². The highest BCUT2D eigenvalue weighted by atomic mass is 16.5. The van der Waals surface area contributed by atoms with E-state index in [1.807, 2.05) is 24.3 Å². The highest BCUT2D eigenvalue weighted by Crippen LogP contribution is 2.14. The Morgan fingerprint density at radius 3 is 2.53 bits per heavy atom. The van der Waals surface area contributed by atoms with Crippen molar-refractivity contribution in [2.24, 2.45) is 0 Å². The number of nitrogen functional groups attached to an aromatic ring is 1. The van der Waals surface area contributed by atoms with E-state index in [0.717, 1.165) is 49.5 Å². The Hall–Kier alpha value is -1.64. The molecule has 0 heterocycles. The van der Waals surface area contributed by atoms with E-state index in [2.05, 4.69) is 6.58 Å². The first-order valence-electron chi connectivity index (χ1n) is 5.92. The Morgan fingerprint density at radius 1 is 1.18 bits per heavy atom. The molecule has 0 amide bonds. The summed E-state index contributed by atoms with van der Waals surface area (Å²) in [6, 6.07) is 7.47. The molecule has 3 nitrogen and oxygen atoms in total.